The molecule has 1 fully saturated rings. The number of carbonyl (C=O) groups excluding carboxylic acids is 2. The highest BCUT2D eigenvalue weighted by Gasteiger charge is 2.38. The Hall–Kier alpha value is -2.67. The standard InChI is InChI=1S/C18H18N2O4S/c1-11-14(18(23)24)7-8-20(11)17(22)12-4-2-5-13(10-12)19-16(21)15-6-3-9-25-15/h2-6,9-11,14H,7-8H2,1H3,(H,19,21)(H,23,24). The second-order valence-corrected chi connectivity index (χ2v) is 6.93. The number of nitrogens with zero attached hydrogens (tertiary/aromatic N) is 1. The number of hydrogen-bond acceptors (Lipinski definition) is 4. The van der Waals surface area contributed by atoms with Crippen molar-refractivity contribution in [2.45, 2.75) is 19.4 Å². The summed E-state index contributed by atoms with van der Waals surface area (Å²) >= 11 is 1.34. The maximum absolute atomic E-state index is 12.7. The topological polar surface area (TPSA) is 86.7 Å². The normalized spacial score (nSPS) is 19.6. The van der Waals surface area contributed by atoms with E-state index < -0.39 is 11.9 Å². The number of amides is 2. The lowest BCUT2D eigenvalue weighted by Crippen LogP contribution is -2.37. The Morgan fingerprint density at radius 3 is 2.68 bits per heavy atom. The van der Waals surface area contributed by atoms with Crippen molar-refractivity contribution in [1.82, 2.24) is 4.90 Å². The number of carbonyl (C=O) groups is 3. The van der Waals surface area contributed by atoms with E-state index in [0.717, 1.165) is 0 Å². The Morgan fingerprint density at radius 2 is 2.04 bits per heavy atom. The number of carboxylic acid groups (broad SMARTS) is 1. The second-order valence-electron chi connectivity index (χ2n) is 5.98. The summed E-state index contributed by atoms with van der Waals surface area (Å²) in [6.07, 6.45) is 0.455. The molecule has 1 aromatic heterocycles. The third-order valence-corrected chi connectivity index (χ3v) is 5.31. The largest absolute Gasteiger partial charge is 0.481 e. The Bertz CT molecular complexity index is 803. The minimum absolute atomic E-state index is 0.219. The Morgan fingerprint density at radius 1 is 1.24 bits per heavy atom. The molecule has 2 unspecified atom stereocenters. The Kier molecular flexibility index (Phi) is 4.85. The maximum Gasteiger partial charge on any atom is 0.308 e. The summed E-state index contributed by atoms with van der Waals surface area (Å²) in [7, 11) is 0. The van der Waals surface area contributed by atoms with Gasteiger partial charge in [0, 0.05) is 23.8 Å². The van der Waals surface area contributed by atoms with Crippen LogP contribution in [-0.4, -0.2) is 40.4 Å². The van der Waals surface area contributed by atoms with Gasteiger partial charge in [-0.3, -0.25) is 14.4 Å². The van der Waals surface area contributed by atoms with E-state index >= 15 is 0 Å². The number of carboxylic acids is 1. The van der Waals surface area contributed by atoms with Gasteiger partial charge in [0.15, 0.2) is 0 Å². The van der Waals surface area contributed by atoms with Crippen molar-refractivity contribution in [3.63, 3.8) is 0 Å². The minimum atomic E-state index is -0.875. The van der Waals surface area contributed by atoms with Crippen molar-refractivity contribution < 1.29 is 19.5 Å². The lowest BCUT2D eigenvalue weighted by Gasteiger charge is -2.23. The van der Waals surface area contributed by atoms with Crippen molar-refractivity contribution in [2.24, 2.45) is 5.92 Å². The molecule has 1 aliphatic heterocycles. The SMILES string of the molecule is CC1C(C(=O)O)CCN1C(=O)c1cccc(NC(=O)c2cccs2)c1. The molecule has 0 saturated carbocycles. The van der Waals surface area contributed by atoms with Gasteiger partial charge in [-0.15, -0.1) is 11.3 Å². The molecule has 0 bridgehead atoms. The zero-order valence-electron chi connectivity index (χ0n) is 13.6. The molecule has 0 aliphatic carbocycles. The smallest absolute Gasteiger partial charge is 0.308 e. The zero-order valence-corrected chi connectivity index (χ0v) is 14.5. The lowest BCUT2D eigenvalue weighted by atomic mass is 10.0. The summed E-state index contributed by atoms with van der Waals surface area (Å²) in [6.45, 7) is 2.18. The van der Waals surface area contributed by atoms with Crippen LogP contribution in [0, 0.1) is 5.92 Å². The third-order valence-electron chi connectivity index (χ3n) is 4.45. The molecule has 2 atom stereocenters. The highest BCUT2D eigenvalue weighted by molar-refractivity contribution is 7.12. The first-order chi connectivity index (χ1) is 12.0. The van der Waals surface area contributed by atoms with Gasteiger partial charge >= 0.3 is 5.97 Å². The number of hydrogen-bond donors (Lipinski definition) is 2. The van der Waals surface area contributed by atoms with Crippen molar-refractivity contribution in [1.29, 1.82) is 0 Å². The number of anilines is 1. The van der Waals surface area contributed by atoms with Gasteiger partial charge in [-0.2, -0.15) is 0 Å². The van der Waals surface area contributed by atoms with E-state index in [9.17, 15) is 19.5 Å². The second kappa shape index (κ2) is 7.06. The van der Waals surface area contributed by atoms with E-state index in [1.54, 1.807) is 48.2 Å². The van der Waals surface area contributed by atoms with Crippen molar-refractivity contribution in [3.8, 4) is 0 Å². The van der Waals surface area contributed by atoms with Crippen LogP contribution < -0.4 is 5.32 Å². The molecule has 1 aliphatic rings. The van der Waals surface area contributed by atoms with Gasteiger partial charge < -0.3 is 15.3 Å². The fraction of sp³-hybridized carbons (Fsp3) is 0.278. The van der Waals surface area contributed by atoms with E-state index in [-0.39, 0.29) is 17.9 Å². The molecule has 130 valence electrons. The van der Waals surface area contributed by atoms with Gasteiger partial charge in [0.05, 0.1) is 10.8 Å². The first-order valence-electron chi connectivity index (χ1n) is 7.96. The molecule has 2 amide bonds. The average molecular weight is 358 g/mol. The van der Waals surface area contributed by atoms with Crippen LogP contribution in [0.2, 0.25) is 0 Å². The van der Waals surface area contributed by atoms with Gasteiger partial charge in [-0.05, 0) is 43.0 Å². The number of rotatable bonds is 4. The predicted molar refractivity (Wildman–Crippen MR) is 95.0 cm³/mol. The molecule has 1 saturated heterocycles. The molecule has 3 rings (SSSR count). The monoisotopic (exact) mass is 358 g/mol. The van der Waals surface area contributed by atoms with Gasteiger partial charge in [-0.1, -0.05) is 12.1 Å². The molecule has 1 aromatic carbocycles. The first-order valence-corrected chi connectivity index (χ1v) is 8.84. The van der Waals surface area contributed by atoms with Crippen LogP contribution in [-0.2, 0) is 4.79 Å². The number of nitrogens with one attached hydrogen (secondary N) is 1. The van der Waals surface area contributed by atoms with Crippen LogP contribution >= 0.6 is 11.3 Å². The lowest BCUT2D eigenvalue weighted by molar-refractivity contribution is -0.142. The summed E-state index contributed by atoms with van der Waals surface area (Å²) in [4.78, 5) is 38.2. The van der Waals surface area contributed by atoms with E-state index in [1.807, 2.05) is 5.38 Å². The van der Waals surface area contributed by atoms with Crippen LogP contribution in [0.15, 0.2) is 41.8 Å². The summed E-state index contributed by atoms with van der Waals surface area (Å²) in [5, 5.41) is 13.8. The predicted octanol–water partition coefficient (Wildman–Crippen LogP) is 2.94. The summed E-state index contributed by atoms with van der Waals surface area (Å²) in [5.41, 5.74) is 0.966. The third kappa shape index (κ3) is 3.56. The highest BCUT2D eigenvalue weighted by Crippen LogP contribution is 2.26. The Labute approximate surface area is 149 Å². The fourth-order valence-electron chi connectivity index (χ4n) is 3.05. The van der Waals surface area contributed by atoms with E-state index in [0.29, 0.717) is 29.1 Å². The van der Waals surface area contributed by atoms with E-state index in [1.165, 1.54) is 11.3 Å². The number of likely N-dealkylation sites (tertiary alicyclic amines) is 1. The van der Waals surface area contributed by atoms with Crippen molar-refractivity contribution >= 4 is 34.8 Å². The quantitative estimate of drug-likeness (QED) is 0.880. The molecule has 0 radical (unpaired) electrons. The summed E-state index contributed by atoms with van der Waals surface area (Å²) in [6, 6.07) is 9.88. The fourth-order valence-corrected chi connectivity index (χ4v) is 3.67. The van der Waals surface area contributed by atoms with Crippen molar-refractivity contribution in [2.75, 3.05) is 11.9 Å². The number of thiophene rings is 1. The van der Waals surface area contributed by atoms with Crippen LogP contribution in [0.25, 0.3) is 0 Å². The average Bonchev–Trinajstić information content (AvgIpc) is 3.24. The molecule has 2 N–H and O–H groups in total. The van der Waals surface area contributed by atoms with Crippen LogP contribution in [0.4, 0.5) is 5.69 Å². The minimum Gasteiger partial charge on any atom is -0.481 e. The molecule has 0 spiro atoms. The molecular formula is C18H18N2O4S. The number of benzene rings is 1. The number of aliphatic carboxylic acids is 1. The molecule has 2 heterocycles. The molecule has 25 heavy (non-hydrogen) atoms. The van der Waals surface area contributed by atoms with Crippen LogP contribution in [0.1, 0.15) is 33.4 Å². The summed E-state index contributed by atoms with van der Waals surface area (Å²) < 4.78 is 0. The van der Waals surface area contributed by atoms with Gasteiger partial charge in [0.25, 0.3) is 11.8 Å². The van der Waals surface area contributed by atoms with E-state index in [2.05, 4.69) is 5.32 Å². The Balaban J connectivity index is 1.74. The highest BCUT2D eigenvalue weighted by atomic mass is 32.1. The maximum atomic E-state index is 12.7. The zero-order chi connectivity index (χ0) is 18.0. The molecule has 7 heteroatoms. The summed E-state index contributed by atoms with van der Waals surface area (Å²) in [5.74, 6) is -1.85. The molecule has 2 aromatic rings. The van der Waals surface area contributed by atoms with Crippen LogP contribution in [0.3, 0.4) is 0 Å². The molecular weight excluding hydrogens is 340 g/mol. The van der Waals surface area contributed by atoms with E-state index in [4.69, 9.17) is 0 Å². The van der Waals surface area contributed by atoms with Gasteiger partial charge in [0.1, 0.15) is 0 Å². The van der Waals surface area contributed by atoms with Gasteiger partial charge in [0.2, 0.25) is 0 Å². The molecule has 6 nitrogen and oxygen atoms in total. The first kappa shape index (κ1) is 17.2. The van der Waals surface area contributed by atoms with Crippen LogP contribution in [0.5, 0.6) is 0 Å². The van der Waals surface area contributed by atoms with Gasteiger partial charge in [-0.25, -0.2) is 0 Å². The van der Waals surface area contributed by atoms with Crippen molar-refractivity contribution in [3.05, 3.63) is 52.2 Å².